The lowest BCUT2D eigenvalue weighted by Gasteiger charge is -2.12. The lowest BCUT2D eigenvalue weighted by molar-refractivity contribution is -0.377. The summed E-state index contributed by atoms with van der Waals surface area (Å²) in [6.07, 6.45) is 7.54. The molecule has 42 heavy (non-hydrogen) atoms. The van der Waals surface area contributed by atoms with E-state index in [1.54, 1.807) is 6.20 Å². The second kappa shape index (κ2) is 11.4. The van der Waals surface area contributed by atoms with Crippen molar-refractivity contribution in [2.24, 2.45) is 0 Å². The Morgan fingerprint density at radius 3 is 1.33 bits per heavy atom. The first-order valence-electron chi connectivity index (χ1n) is 13.9. The molecule has 3 aromatic carbocycles. The predicted octanol–water partition coefficient (Wildman–Crippen LogP) is 8.69. The molecule has 4 heterocycles. The van der Waals surface area contributed by atoms with Crippen LogP contribution in [0.4, 0.5) is 0 Å². The van der Waals surface area contributed by atoms with Gasteiger partial charge in [0, 0.05) is 35.2 Å². The third-order valence-corrected chi connectivity index (χ3v) is 7.30. The first kappa shape index (κ1) is 25.2. The zero-order valence-corrected chi connectivity index (χ0v) is 22.9. The van der Waals surface area contributed by atoms with Gasteiger partial charge in [-0.1, -0.05) is 84.9 Å². The van der Waals surface area contributed by atoms with Gasteiger partial charge in [0.25, 0.3) is 0 Å². The van der Waals surface area contributed by atoms with E-state index in [1.165, 1.54) is 0 Å². The van der Waals surface area contributed by atoms with E-state index in [-0.39, 0.29) is 0 Å². The number of H-pyrrole nitrogens is 1. The van der Waals surface area contributed by atoms with Crippen molar-refractivity contribution in [3.8, 4) is 67.3 Å². The van der Waals surface area contributed by atoms with Gasteiger partial charge in [0.2, 0.25) is 0 Å². The van der Waals surface area contributed by atoms with Crippen molar-refractivity contribution in [1.82, 2.24) is 15.0 Å². The van der Waals surface area contributed by atoms with Crippen LogP contribution in [0, 0.1) is 0 Å². The molecule has 0 amide bonds. The maximum atomic E-state index is 5.01. The highest BCUT2D eigenvalue weighted by atomic mass is 14.7. The molecule has 7 aromatic rings. The molecule has 0 aliphatic rings. The highest BCUT2D eigenvalue weighted by molar-refractivity contribution is 5.80. The smallest absolute Gasteiger partial charge is 0.176 e. The van der Waals surface area contributed by atoms with Crippen LogP contribution in [0.25, 0.3) is 67.3 Å². The van der Waals surface area contributed by atoms with Gasteiger partial charge < -0.3 is 0 Å². The molecule has 0 atom stereocenters. The number of nitrogens with zero attached hydrogens (tertiary/aromatic N) is 3. The second-order valence-electron chi connectivity index (χ2n) is 10.1. The predicted molar refractivity (Wildman–Crippen MR) is 169 cm³/mol. The lowest BCUT2D eigenvalue weighted by Crippen LogP contribution is -1.99. The molecule has 198 valence electrons. The molecule has 4 nitrogen and oxygen atoms in total. The minimum atomic E-state index is 0.898. The van der Waals surface area contributed by atoms with E-state index in [0.717, 1.165) is 67.3 Å². The third-order valence-electron chi connectivity index (χ3n) is 7.30. The average molecular weight is 540 g/mol. The van der Waals surface area contributed by atoms with Gasteiger partial charge in [-0.05, 0) is 64.7 Å². The van der Waals surface area contributed by atoms with Gasteiger partial charge in [-0.2, -0.15) is 0 Å². The number of aromatic nitrogens is 4. The summed E-state index contributed by atoms with van der Waals surface area (Å²) in [5, 5.41) is 0. The Balaban J connectivity index is 1.31. The van der Waals surface area contributed by atoms with E-state index in [4.69, 9.17) is 9.97 Å². The quantitative estimate of drug-likeness (QED) is 0.212. The standard InChI is InChI=1S/C38H26N4/c1-3-9-29(10-4-1)35-21-33(23-37(41-35)31-13-7-19-39-25-31)27-15-17-28(18-16-27)34-22-36(30-11-5-2-6-12-30)42-38(24-34)32-14-8-20-40-26-32/h1-26H/p+1. The number of benzene rings is 3. The molecule has 4 aromatic heterocycles. The van der Waals surface area contributed by atoms with Gasteiger partial charge in [-0.25, -0.2) is 15.0 Å². The van der Waals surface area contributed by atoms with Gasteiger partial charge in [0.15, 0.2) is 12.4 Å². The van der Waals surface area contributed by atoms with E-state index in [0.29, 0.717) is 0 Å². The van der Waals surface area contributed by atoms with Crippen LogP contribution in [0.5, 0.6) is 0 Å². The Kier molecular flexibility index (Phi) is 6.85. The topological polar surface area (TPSA) is 52.8 Å². The Morgan fingerprint density at radius 1 is 0.381 bits per heavy atom. The van der Waals surface area contributed by atoms with Crippen LogP contribution in [0.3, 0.4) is 0 Å². The number of hydrogen-bond donors (Lipinski definition) is 0. The second-order valence-corrected chi connectivity index (χ2v) is 10.1. The molecular weight excluding hydrogens is 512 g/mol. The van der Waals surface area contributed by atoms with Crippen LogP contribution in [0.15, 0.2) is 158 Å². The summed E-state index contributed by atoms with van der Waals surface area (Å²) in [7, 11) is 0. The number of hydrogen-bond acceptors (Lipinski definition) is 3. The van der Waals surface area contributed by atoms with Gasteiger partial charge in [0.05, 0.1) is 28.3 Å². The Morgan fingerprint density at radius 2 is 0.857 bits per heavy atom. The molecule has 1 N–H and O–H groups in total. The monoisotopic (exact) mass is 539 g/mol. The molecule has 0 aliphatic heterocycles. The van der Waals surface area contributed by atoms with Crippen molar-refractivity contribution in [3.63, 3.8) is 0 Å². The minimum absolute atomic E-state index is 0.898. The molecule has 0 radical (unpaired) electrons. The number of aromatic amines is 1. The summed E-state index contributed by atoms with van der Waals surface area (Å²) in [5.74, 6) is 0. The summed E-state index contributed by atoms with van der Waals surface area (Å²) in [5.41, 5.74) is 12.4. The van der Waals surface area contributed by atoms with E-state index in [9.17, 15) is 0 Å². The Hall–Kier alpha value is -5.74. The first-order valence-corrected chi connectivity index (χ1v) is 13.9. The fraction of sp³-hybridized carbons (Fsp3) is 0. The van der Waals surface area contributed by atoms with Gasteiger partial charge in [-0.3, -0.25) is 4.98 Å². The highest BCUT2D eigenvalue weighted by Crippen LogP contribution is 2.33. The number of pyridine rings is 4. The molecule has 4 heteroatoms. The molecule has 0 bridgehead atoms. The molecule has 7 rings (SSSR count). The summed E-state index contributed by atoms with van der Waals surface area (Å²) in [6, 6.07) is 46.1. The normalized spacial score (nSPS) is 10.9. The fourth-order valence-electron chi connectivity index (χ4n) is 5.13. The van der Waals surface area contributed by atoms with Crippen molar-refractivity contribution in [2.45, 2.75) is 0 Å². The van der Waals surface area contributed by atoms with Gasteiger partial charge in [-0.15, -0.1) is 0 Å². The van der Waals surface area contributed by atoms with Crippen molar-refractivity contribution in [3.05, 3.63) is 158 Å². The van der Waals surface area contributed by atoms with Crippen molar-refractivity contribution in [2.75, 3.05) is 0 Å². The van der Waals surface area contributed by atoms with E-state index in [1.807, 2.05) is 73.2 Å². The van der Waals surface area contributed by atoms with Crippen molar-refractivity contribution in [1.29, 1.82) is 0 Å². The zero-order chi connectivity index (χ0) is 28.1. The van der Waals surface area contributed by atoms with Gasteiger partial charge >= 0.3 is 0 Å². The van der Waals surface area contributed by atoms with Crippen LogP contribution < -0.4 is 4.98 Å². The number of rotatable bonds is 6. The van der Waals surface area contributed by atoms with Gasteiger partial charge in [0.1, 0.15) is 0 Å². The maximum Gasteiger partial charge on any atom is 0.176 e. The van der Waals surface area contributed by atoms with Crippen molar-refractivity contribution < 1.29 is 4.98 Å². The summed E-state index contributed by atoms with van der Waals surface area (Å²) < 4.78 is 0. The van der Waals surface area contributed by atoms with Crippen LogP contribution in [-0.4, -0.2) is 15.0 Å². The first-order chi connectivity index (χ1) is 20.8. The highest BCUT2D eigenvalue weighted by Gasteiger charge is 2.12. The summed E-state index contributed by atoms with van der Waals surface area (Å²) >= 11 is 0. The zero-order valence-electron chi connectivity index (χ0n) is 22.9. The van der Waals surface area contributed by atoms with E-state index in [2.05, 4.69) is 88.8 Å². The molecule has 0 aliphatic carbocycles. The van der Waals surface area contributed by atoms with Crippen molar-refractivity contribution >= 4 is 0 Å². The van der Waals surface area contributed by atoms with Crippen LogP contribution >= 0.6 is 0 Å². The molecule has 0 fully saturated rings. The van der Waals surface area contributed by atoms with E-state index < -0.39 is 0 Å². The van der Waals surface area contributed by atoms with Crippen LogP contribution in [-0.2, 0) is 0 Å². The molecule has 0 saturated carbocycles. The number of nitrogens with one attached hydrogen (secondary N) is 1. The third kappa shape index (κ3) is 5.34. The minimum Gasteiger partial charge on any atom is -0.264 e. The Bertz CT molecular complexity index is 1680. The van der Waals surface area contributed by atoms with Crippen LogP contribution in [0.1, 0.15) is 0 Å². The van der Waals surface area contributed by atoms with Crippen LogP contribution in [0.2, 0.25) is 0 Å². The largest absolute Gasteiger partial charge is 0.264 e. The molecule has 0 saturated heterocycles. The lowest BCUT2D eigenvalue weighted by atomic mass is 9.96. The molecule has 0 unspecified atom stereocenters. The molecule has 0 spiro atoms. The Labute approximate surface area is 245 Å². The SMILES string of the molecule is c1ccc(-c2cc(-c3ccc(-c4cc(-c5ccccc5)nc(-c5ccc[nH+]c5)c4)cc3)cc(-c3cccnc3)n2)cc1. The molecular formula is C38H27N4+. The maximum absolute atomic E-state index is 5.01. The fourth-order valence-corrected chi connectivity index (χ4v) is 5.13. The summed E-state index contributed by atoms with van der Waals surface area (Å²) in [6.45, 7) is 0. The average Bonchev–Trinajstić information content (AvgIpc) is 3.09. The van der Waals surface area contributed by atoms with E-state index >= 15 is 0 Å². The summed E-state index contributed by atoms with van der Waals surface area (Å²) in [4.78, 5) is 17.5.